The van der Waals surface area contributed by atoms with Crippen LogP contribution in [-0.4, -0.2) is 81.4 Å². The lowest BCUT2D eigenvalue weighted by Crippen LogP contribution is -2.43. The summed E-state index contributed by atoms with van der Waals surface area (Å²) in [6.45, 7) is 0.157. The van der Waals surface area contributed by atoms with Gasteiger partial charge >= 0.3 is 12.2 Å². The van der Waals surface area contributed by atoms with Gasteiger partial charge in [0.2, 0.25) is 11.8 Å². The topological polar surface area (TPSA) is 158 Å². The first-order valence-electron chi connectivity index (χ1n) is 17.0. The Kier molecular flexibility index (Phi) is 11.6. The Balaban J connectivity index is 0.981. The highest BCUT2D eigenvalue weighted by Gasteiger charge is 2.41. The van der Waals surface area contributed by atoms with Crippen molar-refractivity contribution in [1.29, 1.82) is 0 Å². The molecule has 2 aliphatic heterocycles. The number of rotatable bonds is 10. The van der Waals surface area contributed by atoms with Gasteiger partial charge in [-0.25, -0.2) is 9.59 Å². The van der Waals surface area contributed by atoms with Crippen LogP contribution in [0, 0.1) is 0 Å². The smallest absolute Gasteiger partial charge is 0.410 e. The number of ether oxygens (including phenoxy) is 2. The van der Waals surface area contributed by atoms with Gasteiger partial charge in [-0.2, -0.15) is 0 Å². The molecule has 0 aromatic heterocycles. The number of anilines is 2. The SMILES string of the molecule is O=C(Nc1ccc(/C=C/c2ccc(NC(=O)[C@@H]3C[C@H](O)CN3C(=O)OCc3ccccc3)cc2)cc1)[C@@H]1C[C@H](O)CN1C(=O)OCc1ccccc1. The highest BCUT2D eigenvalue weighted by Crippen LogP contribution is 2.24. The first kappa shape index (κ1) is 35.8. The van der Waals surface area contributed by atoms with Crippen LogP contribution in [0.5, 0.6) is 0 Å². The summed E-state index contributed by atoms with van der Waals surface area (Å²) in [5.74, 6) is -0.827. The van der Waals surface area contributed by atoms with E-state index >= 15 is 0 Å². The summed E-state index contributed by atoms with van der Waals surface area (Å²) in [5, 5.41) is 26.1. The fourth-order valence-electron chi connectivity index (χ4n) is 6.13. The van der Waals surface area contributed by atoms with E-state index in [0.717, 1.165) is 22.3 Å². The quantitative estimate of drug-likeness (QED) is 0.163. The monoisotopic (exact) mass is 704 g/mol. The van der Waals surface area contributed by atoms with E-state index in [1.165, 1.54) is 9.80 Å². The summed E-state index contributed by atoms with van der Waals surface area (Å²) in [6, 6.07) is 31.1. The van der Waals surface area contributed by atoms with Gasteiger partial charge in [-0.3, -0.25) is 19.4 Å². The molecule has 0 bridgehead atoms. The molecule has 4 aromatic carbocycles. The normalized spacial score (nSPS) is 19.7. The predicted molar refractivity (Wildman–Crippen MR) is 195 cm³/mol. The van der Waals surface area contributed by atoms with Gasteiger partial charge in [0.15, 0.2) is 0 Å². The lowest BCUT2D eigenvalue weighted by Gasteiger charge is -2.23. The van der Waals surface area contributed by atoms with E-state index in [4.69, 9.17) is 9.47 Å². The average Bonchev–Trinajstić information content (AvgIpc) is 3.77. The number of carbonyl (C=O) groups is 4. The zero-order valence-corrected chi connectivity index (χ0v) is 28.3. The van der Waals surface area contributed by atoms with E-state index in [9.17, 15) is 29.4 Å². The summed E-state index contributed by atoms with van der Waals surface area (Å²) in [4.78, 5) is 54.2. The maximum atomic E-state index is 13.1. The number of nitrogens with one attached hydrogen (secondary N) is 2. The Morgan fingerprint density at radius 2 is 0.942 bits per heavy atom. The summed E-state index contributed by atoms with van der Waals surface area (Å²) in [5.41, 5.74) is 4.47. The second-order valence-electron chi connectivity index (χ2n) is 12.8. The number of carbonyl (C=O) groups excluding carboxylic acids is 4. The van der Waals surface area contributed by atoms with Crippen molar-refractivity contribution in [2.45, 2.75) is 50.3 Å². The molecule has 2 fully saturated rings. The van der Waals surface area contributed by atoms with Crippen molar-refractivity contribution < 1.29 is 38.9 Å². The van der Waals surface area contributed by atoms with Gasteiger partial charge in [0.25, 0.3) is 0 Å². The second-order valence-corrected chi connectivity index (χ2v) is 12.8. The molecule has 2 aliphatic rings. The van der Waals surface area contributed by atoms with Crippen molar-refractivity contribution in [2.24, 2.45) is 0 Å². The molecule has 6 rings (SSSR count). The minimum atomic E-state index is -0.865. The van der Waals surface area contributed by atoms with Crippen molar-refractivity contribution in [3.63, 3.8) is 0 Å². The standard InChI is InChI=1S/C40H40N4O8/c45-33-21-35(43(23-33)39(49)51-25-29-7-3-1-4-8-29)37(47)41-31-17-13-27(14-18-31)11-12-28-15-19-32(20-16-28)42-38(48)36-22-34(46)24-44(36)40(50)52-26-30-9-5-2-6-10-30/h1-20,33-36,45-46H,21-26H2,(H,41,47)(H,42,48)/b12-11+/t33-,34-,35-,36-/m0/s1. The van der Waals surface area contributed by atoms with Crippen LogP contribution in [0.3, 0.4) is 0 Å². The third-order valence-corrected chi connectivity index (χ3v) is 8.87. The fraction of sp³-hybridized carbons (Fsp3) is 0.250. The number of amides is 4. The lowest BCUT2D eigenvalue weighted by atomic mass is 10.1. The molecule has 4 aromatic rings. The molecule has 268 valence electrons. The zero-order chi connectivity index (χ0) is 36.5. The third-order valence-electron chi connectivity index (χ3n) is 8.87. The van der Waals surface area contributed by atoms with Crippen molar-refractivity contribution >= 4 is 47.5 Å². The van der Waals surface area contributed by atoms with Crippen molar-refractivity contribution in [3.05, 3.63) is 131 Å². The summed E-state index contributed by atoms with van der Waals surface area (Å²) in [7, 11) is 0. The maximum Gasteiger partial charge on any atom is 0.410 e. The van der Waals surface area contributed by atoms with Crippen LogP contribution in [0.1, 0.15) is 35.1 Å². The Morgan fingerprint density at radius 3 is 1.31 bits per heavy atom. The minimum Gasteiger partial charge on any atom is -0.445 e. The van der Waals surface area contributed by atoms with Crippen LogP contribution >= 0.6 is 0 Å². The first-order chi connectivity index (χ1) is 25.2. The van der Waals surface area contributed by atoms with Gasteiger partial charge < -0.3 is 30.3 Å². The van der Waals surface area contributed by atoms with Gasteiger partial charge in [0.05, 0.1) is 25.3 Å². The molecule has 2 heterocycles. The van der Waals surface area contributed by atoms with Gasteiger partial charge in [-0.05, 0) is 46.5 Å². The molecule has 0 radical (unpaired) electrons. The summed E-state index contributed by atoms with van der Waals surface area (Å²) < 4.78 is 10.8. The number of nitrogens with zero attached hydrogens (tertiary/aromatic N) is 2. The summed E-state index contributed by atoms with van der Waals surface area (Å²) >= 11 is 0. The van der Waals surface area contributed by atoms with Gasteiger partial charge in [-0.1, -0.05) is 97.1 Å². The van der Waals surface area contributed by atoms with E-state index < -0.39 is 48.3 Å². The van der Waals surface area contributed by atoms with Gasteiger partial charge in [-0.15, -0.1) is 0 Å². The Hall–Kier alpha value is -5.98. The average molecular weight is 705 g/mol. The van der Waals surface area contributed by atoms with E-state index in [1.54, 1.807) is 24.3 Å². The number of hydrogen-bond acceptors (Lipinski definition) is 8. The molecule has 0 unspecified atom stereocenters. The predicted octanol–water partition coefficient (Wildman–Crippen LogP) is 5.28. The highest BCUT2D eigenvalue weighted by molar-refractivity contribution is 5.98. The molecule has 0 aliphatic carbocycles. The molecule has 0 saturated carbocycles. The highest BCUT2D eigenvalue weighted by atomic mass is 16.6. The number of likely N-dealkylation sites (tertiary alicyclic amines) is 2. The maximum absolute atomic E-state index is 13.1. The van der Waals surface area contributed by atoms with Gasteiger partial charge in [0.1, 0.15) is 25.3 Å². The molecule has 12 nitrogen and oxygen atoms in total. The molecule has 2 saturated heterocycles. The molecule has 4 atom stereocenters. The van der Waals surface area contributed by atoms with Crippen molar-refractivity contribution in [3.8, 4) is 0 Å². The summed E-state index contributed by atoms with van der Waals surface area (Å²) in [6.07, 6.45) is 1.05. The molecule has 0 spiro atoms. The van der Waals surface area contributed by atoms with E-state index in [-0.39, 0.29) is 39.1 Å². The second kappa shape index (κ2) is 16.8. The lowest BCUT2D eigenvalue weighted by molar-refractivity contribution is -0.120. The number of hydrogen-bond donors (Lipinski definition) is 4. The third kappa shape index (κ3) is 9.42. The molecule has 52 heavy (non-hydrogen) atoms. The van der Waals surface area contributed by atoms with Crippen LogP contribution in [0.2, 0.25) is 0 Å². The Labute approximate surface area is 301 Å². The molecule has 4 amide bonds. The van der Waals surface area contributed by atoms with Crippen molar-refractivity contribution in [1.82, 2.24) is 9.80 Å². The first-order valence-corrected chi connectivity index (χ1v) is 17.0. The van der Waals surface area contributed by atoms with E-state index in [1.807, 2.05) is 97.1 Å². The molecule has 12 heteroatoms. The van der Waals surface area contributed by atoms with Crippen LogP contribution in [0.4, 0.5) is 21.0 Å². The number of aliphatic hydroxyl groups is 2. The molecular formula is C40H40N4O8. The van der Waals surface area contributed by atoms with Crippen LogP contribution in [0.25, 0.3) is 12.2 Å². The minimum absolute atomic E-state index is 0.0120. The number of benzene rings is 4. The fourth-order valence-corrected chi connectivity index (χ4v) is 6.13. The Bertz CT molecular complexity index is 1730. The van der Waals surface area contributed by atoms with Crippen LogP contribution in [-0.2, 0) is 32.3 Å². The number of aliphatic hydroxyl groups excluding tert-OH is 2. The van der Waals surface area contributed by atoms with Crippen molar-refractivity contribution in [2.75, 3.05) is 23.7 Å². The van der Waals surface area contributed by atoms with E-state index in [0.29, 0.717) is 11.4 Å². The largest absolute Gasteiger partial charge is 0.445 e. The van der Waals surface area contributed by atoms with Gasteiger partial charge in [0, 0.05) is 24.2 Å². The molecular weight excluding hydrogens is 664 g/mol. The molecule has 4 N–H and O–H groups in total. The zero-order valence-electron chi connectivity index (χ0n) is 28.3. The van der Waals surface area contributed by atoms with Crippen LogP contribution < -0.4 is 10.6 Å². The number of β-amino-alcohol motifs (C(OH)–C–C–N with tert-alkyl or cyclic N) is 2. The van der Waals surface area contributed by atoms with E-state index in [2.05, 4.69) is 10.6 Å². The van der Waals surface area contributed by atoms with Crippen LogP contribution in [0.15, 0.2) is 109 Å². The Morgan fingerprint density at radius 1 is 0.577 bits per heavy atom.